The molecule has 0 amide bonds. The molecule has 88 valence electrons. The van der Waals surface area contributed by atoms with Crippen molar-refractivity contribution < 1.29 is 9.90 Å². The minimum absolute atomic E-state index is 0.0687. The molecule has 0 spiro atoms. The van der Waals surface area contributed by atoms with E-state index in [0.717, 1.165) is 9.35 Å². The van der Waals surface area contributed by atoms with Crippen molar-refractivity contribution in [3.05, 3.63) is 5.01 Å². The Hall–Kier alpha value is -0.620. The number of aromatic nitrogens is 2. The Morgan fingerprint density at radius 2 is 2.12 bits per heavy atom. The van der Waals surface area contributed by atoms with Crippen LogP contribution in [0.4, 0.5) is 0 Å². The summed E-state index contributed by atoms with van der Waals surface area (Å²) in [5.74, 6) is -0.177. The van der Waals surface area contributed by atoms with Crippen molar-refractivity contribution in [2.45, 2.75) is 42.4 Å². The van der Waals surface area contributed by atoms with Gasteiger partial charge < -0.3 is 5.11 Å². The number of carboxylic acid groups (broad SMARTS) is 1. The van der Waals surface area contributed by atoms with E-state index < -0.39 is 5.97 Å². The maximum atomic E-state index is 10.4. The van der Waals surface area contributed by atoms with E-state index in [1.165, 1.54) is 43.9 Å². The van der Waals surface area contributed by atoms with Gasteiger partial charge in [0.05, 0.1) is 5.75 Å². The topological polar surface area (TPSA) is 63.1 Å². The summed E-state index contributed by atoms with van der Waals surface area (Å²) in [6.07, 6.45) is 6.30. The highest BCUT2D eigenvalue weighted by Crippen LogP contribution is 2.35. The van der Waals surface area contributed by atoms with Crippen molar-refractivity contribution in [2.75, 3.05) is 5.75 Å². The summed E-state index contributed by atoms with van der Waals surface area (Å²) in [4.78, 5) is 10.4. The zero-order valence-electron chi connectivity index (χ0n) is 8.89. The normalized spacial score (nSPS) is 17.5. The monoisotopic (exact) mass is 258 g/mol. The molecule has 1 aliphatic carbocycles. The van der Waals surface area contributed by atoms with E-state index in [4.69, 9.17) is 5.11 Å². The second-order valence-electron chi connectivity index (χ2n) is 3.92. The van der Waals surface area contributed by atoms with Crippen LogP contribution in [0.1, 0.15) is 43.0 Å². The highest BCUT2D eigenvalue weighted by atomic mass is 32.2. The molecule has 1 aliphatic rings. The molecule has 1 aromatic rings. The van der Waals surface area contributed by atoms with Gasteiger partial charge in [0, 0.05) is 5.92 Å². The van der Waals surface area contributed by atoms with Crippen molar-refractivity contribution in [1.29, 1.82) is 0 Å². The molecule has 0 aromatic carbocycles. The highest BCUT2D eigenvalue weighted by Gasteiger charge is 2.19. The van der Waals surface area contributed by atoms with Gasteiger partial charge in [0.2, 0.25) is 0 Å². The summed E-state index contributed by atoms with van der Waals surface area (Å²) >= 11 is 2.82. The third-order valence-corrected chi connectivity index (χ3v) is 4.90. The molecular formula is C10H14N2O2S2. The molecule has 1 aromatic heterocycles. The lowest BCUT2D eigenvalue weighted by Crippen LogP contribution is -2.03. The standard InChI is InChI=1S/C10H14N2O2S2/c13-8(14)6-15-10-12-11-9(16-10)7-4-2-1-3-5-7/h7H,1-6H2,(H,13,14). The van der Waals surface area contributed by atoms with Crippen LogP contribution in [0.15, 0.2) is 4.34 Å². The quantitative estimate of drug-likeness (QED) is 0.841. The van der Waals surface area contributed by atoms with E-state index in [-0.39, 0.29) is 5.75 Å². The Kier molecular flexibility index (Phi) is 4.17. The Morgan fingerprint density at radius 3 is 2.81 bits per heavy atom. The van der Waals surface area contributed by atoms with Gasteiger partial charge >= 0.3 is 5.97 Å². The lowest BCUT2D eigenvalue weighted by atomic mass is 9.90. The van der Waals surface area contributed by atoms with Gasteiger partial charge in [0.1, 0.15) is 5.01 Å². The van der Waals surface area contributed by atoms with Crippen LogP contribution >= 0.6 is 23.1 Å². The molecule has 1 saturated carbocycles. The lowest BCUT2D eigenvalue weighted by molar-refractivity contribution is -0.133. The highest BCUT2D eigenvalue weighted by molar-refractivity contribution is 8.01. The van der Waals surface area contributed by atoms with Gasteiger partial charge in [0.15, 0.2) is 4.34 Å². The average Bonchev–Trinajstić information content (AvgIpc) is 2.76. The van der Waals surface area contributed by atoms with Crippen LogP contribution in [0.5, 0.6) is 0 Å². The second-order valence-corrected chi connectivity index (χ2v) is 6.16. The third kappa shape index (κ3) is 3.18. The Labute approximate surface area is 102 Å². The molecule has 0 unspecified atom stereocenters. The van der Waals surface area contributed by atoms with Crippen LogP contribution in [0.2, 0.25) is 0 Å². The summed E-state index contributed by atoms with van der Waals surface area (Å²) < 4.78 is 0.781. The van der Waals surface area contributed by atoms with Gasteiger partial charge in [0.25, 0.3) is 0 Å². The first-order valence-electron chi connectivity index (χ1n) is 5.43. The fourth-order valence-electron chi connectivity index (χ4n) is 1.92. The predicted octanol–water partition coefficient (Wildman–Crippen LogP) is 2.76. The van der Waals surface area contributed by atoms with Crippen molar-refractivity contribution in [2.24, 2.45) is 0 Å². The van der Waals surface area contributed by atoms with Gasteiger partial charge in [-0.05, 0) is 12.8 Å². The summed E-state index contributed by atoms with van der Waals surface area (Å²) in [5, 5.41) is 17.9. The molecule has 4 nitrogen and oxygen atoms in total. The number of thioether (sulfide) groups is 1. The van der Waals surface area contributed by atoms with Gasteiger partial charge in [-0.1, -0.05) is 42.4 Å². The number of carbonyl (C=O) groups is 1. The van der Waals surface area contributed by atoms with Crippen molar-refractivity contribution in [3.63, 3.8) is 0 Å². The molecular weight excluding hydrogens is 244 g/mol. The summed E-state index contributed by atoms with van der Waals surface area (Å²) in [6.45, 7) is 0. The van der Waals surface area contributed by atoms with E-state index in [9.17, 15) is 4.79 Å². The molecule has 16 heavy (non-hydrogen) atoms. The predicted molar refractivity (Wildman–Crippen MR) is 64.1 cm³/mol. The summed E-state index contributed by atoms with van der Waals surface area (Å²) in [7, 11) is 0. The van der Waals surface area contributed by atoms with E-state index in [0.29, 0.717) is 5.92 Å². The smallest absolute Gasteiger partial charge is 0.313 e. The second kappa shape index (κ2) is 5.63. The van der Waals surface area contributed by atoms with Gasteiger partial charge in [-0.2, -0.15) is 0 Å². The fourth-order valence-corrected chi connectivity index (χ4v) is 3.68. The molecule has 0 radical (unpaired) electrons. The molecule has 6 heteroatoms. The van der Waals surface area contributed by atoms with Gasteiger partial charge in [-0.25, -0.2) is 0 Å². The van der Waals surface area contributed by atoms with E-state index in [1.54, 1.807) is 11.3 Å². The first-order valence-corrected chi connectivity index (χ1v) is 7.24. The van der Waals surface area contributed by atoms with E-state index in [2.05, 4.69) is 10.2 Å². The number of nitrogens with zero attached hydrogens (tertiary/aromatic N) is 2. The van der Waals surface area contributed by atoms with Crippen molar-refractivity contribution in [1.82, 2.24) is 10.2 Å². The van der Waals surface area contributed by atoms with Crippen molar-refractivity contribution in [3.8, 4) is 0 Å². The van der Waals surface area contributed by atoms with E-state index >= 15 is 0 Å². The van der Waals surface area contributed by atoms with Gasteiger partial charge in [-0.15, -0.1) is 10.2 Å². The third-order valence-electron chi connectivity index (χ3n) is 2.70. The number of rotatable bonds is 4. The first-order chi connectivity index (χ1) is 7.75. The number of aliphatic carboxylic acids is 1. The maximum Gasteiger partial charge on any atom is 0.313 e. The Bertz CT molecular complexity index is 361. The molecule has 1 fully saturated rings. The fraction of sp³-hybridized carbons (Fsp3) is 0.700. The first kappa shape index (κ1) is 11.9. The average molecular weight is 258 g/mol. The summed E-state index contributed by atoms with van der Waals surface area (Å²) in [6, 6.07) is 0. The van der Waals surface area contributed by atoms with Crippen molar-refractivity contribution >= 4 is 29.1 Å². The van der Waals surface area contributed by atoms with Crippen LogP contribution in [0.25, 0.3) is 0 Å². The van der Waals surface area contributed by atoms with Crippen LogP contribution in [-0.4, -0.2) is 27.0 Å². The molecule has 2 rings (SSSR count). The van der Waals surface area contributed by atoms with E-state index in [1.807, 2.05) is 0 Å². The van der Waals surface area contributed by atoms with Crippen LogP contribution in [0, 0.1) is 0 Å². The molecule has 0 bridgehead atoms. The minimum atomic E-state index is -0.806. The minimum Gasteiger partial charge on any atom is -0.481 e. The zero-order valence-corrected chi connectivity index (χ0v) is 10.5. The SMILES string of the molecule is O=C(O)CSc1nnc(C2CCCCC2)s1. The van der Waals surface area contributed by atoms with Crippen LogP contribution in [0.3, 0.4) is 0 Å². The molecule has 0 saturated heterocycles. The van der Waals surface area contributed by atoms with Crippen LogP contribution in [-0.2, 0) is 4.79 Å². The summed E-state index contributed by atoms with van der Waals surface area (Å²) in [5.41, 5.74) is 0. The van der Waals surface area contributed by atoms with Crippen LogP contribution < -0.4 is 0 Å². The zero-order chi connectivity index (χ0) is 11.4. The number of hydrogen-bond acceptors (Lipinski definition) is 5. The maximum absolute atomic E-state index is 10.4. The largest absolute Gasteiger partial charge is 0.481 e. The molecule has 0 atom stereocenters. The Morgan fingerprint density at radius 1 is 1.38 bits per heavy atom. The number of hydrogen-bond donors (Lipinski definition) is 1. The lowest BCUT2D eigenvalue weighted by Gasteiger charge is -2.18. The molecule has 1 N–H and O–H groups in total. The molecule has 1 heterocycles. The number of carboxylic acids is 1. The Balaban J connectivity index is 1.93. The molecule has 0 aliphatic heterocycles. The van der Waals surface area contributed by atoms with Gasteiger partial charge in [-0.3, -0.25) is 4.79 Å².